The number of aromatic nitrogens is 2. The predicted octanol–water partition coefficient (Wildman–Crippen LogP) is 2.95. The molecule has 0 spiro atoms. The maximum Gasteiger partial charge on any atom is 0.265 e. The van der Waals surface area contributed by atoms with Crippen LogP contribution in [0.15, 0.2) is 9.27 Å². The van der Waals surface area contributed by atoms with Crippen molar-refractivity contribution in [3.63, 3.8) is 0 Å². The smallest absolute Gasteiger partial charge is 0.265 e. The molecule has 0 aromatic carbocycles. The fraction of sp³-hybridized carbons (Fsp3) is 0.714. The van der Waals surface area contributed by atoms with E-state index in [0.717, 1.165) is 12.8 Å². The second-order valence-corrected chi connectivity index (χ2v) is 5.99. The summed E-state index contributed by atoms with van der Waals surface area (Å²) in [5.74, 6) is 1.04. The van der Waals surface area contributed by atoms with E-state index in [0.29, 0.717) is 28.5 Å². The number of hydrogen-bond acceptors (Lipinski definition) is 4. The van der Waals surface area contributed by atoms with Gasteiger partial charge >= 0.3 is 0 Å². The third-order valence-electron chi connectivity index (χ3n) is 3.83. The van der Waals surface area contributed by atoms with Crippen LogP contribution in [0.1, 0.15) is 49.7 Å². The number of nitrogens with one attached hydrogen (secondary N) is 1. The van der Waals surface area contributed by atoms with Gasteiger partial charge in [-0.3, -0.25) is 4.79 Å². The first-order chi connectivity index (χ1) is 9.67. The lowest BCUT2D eigenvalue weighted by Gasteiger charge is -2.28. The van der Waals surface area contributed by atoms with Crippen molar-refractivity contribution in [3.8, 4) is 0 Å². The minimum absolute atomic E-state index is 0.147. The number of nitrogens with zero attached hydrogens (tertiary/aromatic N) is 1. The molecule has 1 fully saturated rings. The van der Waals surface area contributed by atoms with Crippen molar-refractivity contribution in [3.05, 3.63) is 26.3 Å². The summed E-state index contributed by atoms with van der Waals surface area (Å²) in [6.07, 6.45) is 5.82. The highest BCUT2D eigenvalue weighted by Crippen LogP contribution is 2.35. The van der Waals surface area contributed by atoms with E-state index in [4.69, 9.17) is 9.47 Å². The van der Waals surface area contributed by atoms with Crippen molar-refractivity contribution >= 4 is 15.9 Å². The van der Waals surface area contributed by atoms with E-state index in [1.54, 1.807) is 14.2 Å². The molecule has 1 aromatic rings. The fourth-order valence-corrected chi connectivity index (χ4v) is 3.16. The van der Waals surface area contributed by atoms with Crippen LogP contribution in [0.2, 0.25) is 0 Å². The summed E-state index contributed by atoms with van der Waals surface area (Å²) in [5, 5.41) is 0. The Morgan fingerprint density at radius 3 is 2.65 bits per heavy atom. The third-order valence-corrected chi connectivity index (χ3v) is 4.65. The highest BCUT2D eigenvalue weighted by molar-refractivity contribution is 9.10. The van der Waals surface area contributed by atoms with Crippen molar-refractivity contribution in [2.24, 2.45) is 5.92 Å². The SMILES string of the molecule is COCc1nc(C(OC)C2CCCCC2)[nH]c(=O)c1Br. The van der Waals surface area contributed by atoms with E-state index in [9.17, 15) is 4.79 Å². The second kappa shape index (κ2) is 7.33. The molecule has 1 atom stereocenters. The Bertz CT molecular complexity index is 498. The van der Waals surface area contributed by atoms with E-state index in [2.05, 4.69) is 25.9 Å². The predicted molar refractivity (Wildman–Crippen MR) is 79.6 cm³/mol. The zero-order chi connectivity index (χ0) is 14.5. The average molecular weight is 345 g/mol. The topological polar surface area (TPSA) is 64.2 Å². The molecule has 2 rings (SSSR count). The highest BCUT2D eigenvalue weighted by Gasteiger charge is 2.27. The molecular weight excluding hydrogens is 324 g/mol. The second-order valence-electron chi connectivity index (χ2n) is 5.20. The maximum absolute atomic E-state index is 12.0. The van der Waals surface area contributed by atoms with Crippen LogP contribution in [0.3, 0.4) is 0 Å². The van der Waals surface area contributed by atoms with Gasteiger partial charge in [0, 0.05) is 14.2 Å². The lowest BCUT2D eigenvalue weighted by molar-refractivity contribution is 0.0282. The Labute approximate surface area is 127 Å². The molecule has 1 saturated carbocycles. The average Bonchev–Trinajstić information content (AvgIpc) is 2.46. The first-order valence-electron chi connectivity index (χ1n) is 6.97. The first-order valence-corrected chi connectivity index (χ1v) is 7.77. The van der Waals surface area contributed by atoms with Gasteiger partial charge < -0.3 is 14.5 Å². The molecule has 6 heteroatoms. The minimum Gasteiger partial charge on any atom is -0.378 e. The van der Waals surface area contributed by atoms with Gasteiger partial charge in [0.15, 0.2) is 0 Å². The standard InChI is InChI=1S/C14H21BrN2O3/c1-19-8-10-11(15)14(18)17-13(16-10)12(20-2)9-6-4-3-5-7-9/h9,12H,3-8H2,1-2H3,(H,16,17,18). The summed E-state index contributed by atoms with van der Waals surface area (Å²) < 4.78 is 11.1. The quantitative estimate of drug-likeness (QED) is 0.891. The lowest BCUT2D eigenvalue weighted by atomic mass is 9.85. The van der Waals surface area contributed by atoms with Crippen LogP contribution >= 0.6 is 15.9 Å². The maximum atomic E-state index is 12.0. The molecule has 1 unspecified atom stereocenters. The van der Waals surface area contributed by atoms with Gasteiger partial charge in [-0.25, -0.2) is 4.98 Å². The van der Waals surface area contributed by atoms with Crippen molar-refractivity contribution < 1.29 is 9.47 Å². The molecule has 1 N–H and O–H groups in total. The Morgan fingerprint density at radius 2 is 2.05 bits per heavy atom. The minimum atomic E-state index is -0.181. The van der Waals surface area contributed by atoms with Crippen LogP contribution in [0.25, 0.3) is 0 Å². The molecule has 0 aliphatic heterocycles. The molecule has 0 bridgehead atoms. The Kier molecular flexibility index (Phi) is 5.74. The molecule has 0 radical (unpaired) electrons. The van der Waals surface area contributed by atoms with Crippen LogP contribution in [-0.2, 0) is 16.1 Å². The van der Waals surface area contributed by atoms with Gasteiger partial charge in [-0.05, 0) is 34.7 Å². The number of aromatic amines is 1. The zero-order valence-corrected chi connectivity index (χ0v) is 13.5. The number of H-pyrrole nitrogens is 1. The fourth-order valence-electron chi connectivity index (χ4n) is 2.86. The van der Waals surface area contributed by atoms with Gasteiger partial charge in [0.1, 0.15) is 16.4 Å². The van der Waals surface area contributed by atoms with E-state index >= 15 is 0 Å². The normalized spacial score (nSPS) is 18.1. The summed E-state index contributed by atoms with van der Waals surface area (Å²) in [6.45, 7) is 0.304. The summed E-state index contributed by atoms with van der Waals surface area (Å²) >= 11 is 3.26. The van der Waals surface area contributed by atoms with E-state index in [-0.39, 0.29) is 11.7 Å². The van der Waals surface area contributed by atoms with Crippen molar-refractivity contribution in [1.29, 1.82) is 0 Å². The number of halogens is 1. The monoisotopic (exact) mass is 344 g/mol. The van der Waals surface area contributed by atoms with Gasteiger partial charge in [0.2, 0.25) is 0 Å². The molecule has 1 aliphatic carbocycles. The molecule has 1 heterocycles. The molecule has 112 valence electrons. The van der Waals surface area contributed by atoms with Gasteiger partial charge in [0.05, 0.1) is 12.3 Å². The van der Waals surface area contributed by atoms with Crippen LogP contribution in [0.4, 0.5) is 0 Å². The van der Waals surface area contributed by atoms with E-state index in [1.165, 1.54) is 19.3 Å². The molecule has 5 nitrogen and oxygen atoms in total. The first kappa shape index (κ1) is 15.7. The Morgan fingerprint density at radius 1 is 1.35 bits per heavy atom. The van der Waals surface area contributed by atoms with E-state index in [1.807, 2.05) is 0 Å². The third kappa shape index (κ3) is 3.48. The number of methoxy groups -OCH3 is 2. The van der Waals surface area contributed by atoms with E-state index < -0.39 is 0 Å². The van der Waals surface area contributed by atoms with Gasteiger partial charge in [-0.15, -0.1) is 0 Å². The summed E-state index contributed by atoms with van der Waals surface area (Å²) in [6, 6.07) is 0. The summed E-state index contributed by atoms with van der Waals surface area (Å²) in [5.41, 5.74) is 0.434. The van der Waals surface area contributed by atoms with Gasteiger partial charge in [0.25, 0.3) is 5.56 Å². The number of rotatable bonds is 5. The molecule has 1 aromatic heterocycles. The van der Waals surface area contributed by atoms with Crippen LogP contribution in [0.5, 0.6) is 0 Å². The van der Waals surface area contributed by atoms with Crippen molar-refractivity contribution in [1.82, 2.24) is 9.97 Å². The molecular formula is C14H21BrN2O3. The summed E-state index contributed by atoms with van der Waals surface area (Å²) in [4.78, 5) is 19.3. The highest BCUT2D eigenvalue weighted by atomic mass is 79.9. The van der Waals surface area contributed by atoms with Crippen LogP contribution < -0.4 is 5.56 Å². The van der Waals surface area contributed by atoms with Gasteiger partial charge in [-0.1, -0.05) is 19.3 Å². The van der Waals surface area contributed by atoms with Crippen molar-refractivity contribution in [2.45, 2.75) is 44.8 Å². The number of ether oxygens (including phenoxy) is 2. The summed E-state index contributed by atoms with van der Waals surface area (Å²) in [7, 11) is 3.27. The Hall–Kier alpha value is -0.720. The molecule has 0 saturated heterocycles. The Balaban J connectivity index is 2.31. The zero-order valence-electron chi connectivity index (χ0n) is 11.9. The number of hydrogen-bond donors (Lipinski definition) is 1. The molecule has 20 heavy (non-hydrogen) atoms. The largest absolute Gasteiger partial charge is 0.378 e. The lowest BCUT2D eigenvalue weighted by Crippen LogP contribution is -2.24. The van der Waals surface area contributed by atoms with Crippen LogP contribution in [-0.4, -0.2) is 24.2 Å². The van der Waals surface area contributed by atoms with Crippen LogP contribution in [0, 0.1) is 5.92 Å². The molecule has 0 amide bonds. The molecule has 1 aliphatic rings. The van der Waals surface area contributed by atoms with Crippen molar-refractivity contribution in [2.75, 3.05) is 14.2 Å². The van der Waals surface area contributed by atoms with Gasteiger partial charge in [-0.2, -0.15) is 0 Å².